The van der Waals surface area contributed by atoms with Crippen molar-refractivity contribution in [3.8, 4) is 11.5 Å². The van der Waals surface area contributed by atoms with Crippen LogP contribution in [0.25, 0.3) is 16.8 Å². The number of methoxy groups -OCH3 is 1. The summed E-state index contributed by atoms with van der Waals surface area (Å²) in [6.45, 7) is 7.71. The van der Waals surface area contributed by atoms with E-state index in [9.17, 15) is 14.7 Å². The molecule has 4 rings (SSSR count). The number of carboxylic acid groups (broad SMARTS) is 1. The van der Waals surface area contributed by atoms with E-state index >= 15 is 0 Å². The Labute approximate surface area is 246 Å². The van der Waals surface area contributed by atoms with Gasteiger partial charge in [-0.15, -0.1) is 0 Å². The van der Waals surface area contributed by atoms with Crippen LogP contribution < -0.4 is 9.47 Å². The minimum Gasteiger partial charge on any atom is -0.497 e. The maximum absolute atomic E-state index is 13.8. The average molecular weight is 568 g/mol. The lowest BCUT2D eigenvalue weighted by Crippen LogP contribution is -2.47. The zero-order chi connectivity index (χ0) is 30.3. The molecule has 0 heterocycles. The Morgan fingerprint density at radius 2 is 1.57 bits per heavy atom. The molecule has 7 nitrogen and oxygen atoms in total. The van der Waals surface area contributed by atoms with Crippen molar-refractivity contribution < 1.29 is 28.9 Å². The quantitative estimate of drug-likeness (QED) is 0.197. The van der Waals surface area contributed by atoms with Gasteiger partial charge in [0.1, 0.15) is 17.1 Å². The van der Waals surface area contributed by atoms with E-state index in [0.717, 1.165) is 33.2 Å². The van der Waals surface area contributed by atoms with Gasteiger partial charge in [0.25, 0.3) is 0 Å². The first-order valence-electron chi connectivity index (χ1n) is 13.8. The van der Waals surface area contributed by atoms with Gasteiger partial charge in [0, 0.05) is 11.9 Å². The summed E-state index contributed by atoms with van der Waals surface area (Å²) >= 11 is 0. The number of fused-ring (bicyclic) bond motifs is 1. The summed E-state index contributed by atoms with van der Waals surface area (Å²) < 4.78 is 17.8. The number of carbonyl (C=O) groups is 2. The largest absolute Gasteiger partial charge is 0.497 e. The molecule has 0 aliphatic heterocycles. The van der Waals surface area contributed by atoms with Crippen LogP contribution in [0.5, 0.6) is 11.5 Å². The van der Waals surface area contributed by atoms with Gasteiger partial charge >= 0.3 is 12.1 Å². The summed E-state index contributed by atoms with van der Waals surface area (Å²) in [6.07, 6.45) is 1.13. The normalized spacial score (nSPS) is 12.5. The molecule has 0 aromatic heterocycles. The van der Waals surface area contributed by atoms with Crippen LogP contribution in [0.3, 0.4) is 0 Å². The number of carboxylic acids is 1. The van der Waals surface area contributed by atoms with Crippen molar-refractivity contribution >= 4 is 28.9 Å². The Balaban J connectivity index is 1.76. The molecule has 0 aliphatic carbocycles. The molecule has 0 fully saturated rings. The van der Waals surface area contributed by atoms with Crippen LogP contribution >= 0.6 is 0 Å². The number of benzene rings is 4. The van der Waals surface area contributed by atoms with E-state index in [1.165, 1.54) is 0 Å². The van der Waals surface area contributed by atoms with Gasteiger partial charge in [0.05, 0.1) is 12.7 Å². The molecule has 0 bridgehead atoms. The maximum atomic E-state index is 13.8. The molecule has 4 aromatic rings. The molecule has 0 radical (unpaired) electrons. The highest BCUT2D eigenvalue weighted by Gasteiger charge is 2.31. The molecule has 4 aromatic carbocycles. The minimum absolute atomic E-state index is 0.197. The van der Waals surface area contributed by atoms with Gasteiger partial charge in [-0.3, -0.25) is 4.90 Å². The number of hydrogen-bond donors (Lipinski definition) is 1. The molecular formula is C35H37NO6. The zero-order valence-electron chi connectivity index (χ0n) is 24.7. The molecule has 42 heavy (non-hydrogen) atoms. The van der Waals surface area contributed by atoms with Crippen molar-refractivity contribution in [2.45, 2.75) is 45.9 Å². The Hall–Kier alpha value is -4.78. The van der Waals surface area contributed by atoms with E-state index in [4.69, 9.17) is 14.2 Å². The summed E-state index contributed by atoms with van der Waals surface area (Å²) in [6, 6.07) is 28.0. The highest BCUT2D eigenvalue weighted by Crippen LogP contribution is 2.30. The van der Waals surface area contributed by atoms with Gasteiger partial charge < -0.3 is 19.3 Å². The Kier molecular flexibility index (Phi) is 9.53. The summed E-state index contributed by atoms with van der Waals surface area (Å²) in [7, 11) is 1.62. The second-order valence-corrected chi connectivity index (χ2v) is 11.0. The number of carbonyl (C=O) groups excluding carboxylic acids is 1. The van der Waals surface area contributed by atoms with Gasteiger partial charge in [0.2, 0.25) is 0 Å². The second kappa shape index (κ2) is 13.3. The molecule has 218 valence electrons. The first-order valence-corrected chi connectivity index (χ1v) is 13.8. The number of aromatic carboxylic acids is 1. The number of hydrogen-bond acceptors (Lipinski definition) is 5. The van der Waals surface area contributed by atoms with Crippen molar-refractivity contribution in [2.75, 3.05) is 13.7 Å². The topological polar surface area (TPSA) is 85.3 Å². The predicted octanol–water partition coefficient (Wildman–Crippen LogP) is 7.83. The average Bonchev–Trinajstić information content (AvgIpc) is 2.96. The van der Waals surface area contributed by atoms with E-state index in [-0.39, 0.29) is 5.56 Å². The molecule has 1 amide bonds. The molecule has 1 unspecified atom stereocenters. The molecule has 0 aliphatic rings. The van der Waals surface area contributed by atoms with Crippen molar-refractivity contribution in [3.63, 3.8) is 0 Å². The number of amides is 1. The third-order valence-electron chi connectivity index (χ3n) is 6.64. The fourth-order valence-corrected chi connectivity index (χ4v) is 4.54. The molecule has 1 N–H and O–H groups in total. The Morgan fingerprint density at radius 1 is 0.905 bits per heavy atom. The number of rotatable bonds is 10. The van der Waals surface area contributed by atoms with Crippen LogP contribution in [0.4, 0.5) is 4.79 Å². The van der Waals surface area contributed by atoms with E-state index in [2.05, 4.69) is 0 Å². The van der Waals surface area contributed by atoms with Crippen LogP contribution in [-0.4, -0.2) is 47.6 Å². The number of nitrogens with zero attached hydrogens (tertiary/aromatic N) is 1. The monoisotopic (exact) mass is 567 g/mol. The lowest BCUT2D eigenvalue weighted by Gasteiger charge is -2.34. The predicted molar refractivity (Wildman–Crippen MR) is 165 cm³/mol. The van der Waals surface area contributed by atoms with Crippen molar-refractivity contribution in [1.29, 1.82) is 0 Å². The van der Waals surface area contributed by atoms with E-state index in [1.54, 1.807) is 36.3 Å². The highest BCUT2D eigenvalue weighted by atomic mass is 16.6. The van der Waals surface area contributed by atoms with Gasteiger partial charge in [-0.05, 0) is 86.5 Å². The molecular weight excluding hydrogens is 530 g/mol. The van der Waals surface area contributed by atoms with Crippen LogP contribution in [0, 0.1) is 0 Å². The van der Waals surface area contributed by atoms with Crippen LogP contribution in [0.1, 0.15) is 49.2 Å². The maximum Gasteiger partial charge on any atom is 0.413 e. The summed E-state index contributed by atoms with van der Waals surface area (Å²) in [5.74, 6) is 0.395. The molecule has 0 saturated carbocycles. The zero-order valence-corrected chi connectivity index (χ0v) is 24.7. The van der Waals surface area contributed by atoms with Gasteiger partial charge in [-0.25, -0.2) is 9.59 Å². The molecule has 0 saturated heterocycles. The third kappa shape index (κ3) is 7.91. The van der Waals surface area contributed by atoms with Gasteiger partial charge in [-0.1, -0.05) is 66.7 Å². The van der Waals surface area contributed by atoms with Gasteiger partial charge in [0.15, 0.2) is 6.23 Å². The molecule has 0 spiro atoms. The fraction of sp³-hybridized carbons (Fsp3) is 0.257. The lowest BCUT2D eigenvalue weighted by molar-refractivity contribution is -0.00868. The van der Waals surface area contributed by atoms with Crippen molar-refractivity contribution in [2.24, 2.45) is 0 Å². The second-order valence-electron chi connectivity index (χ2n) is 11.0. The fourth-order valence-electron chi connectivity index (χ4n) is 4.54. The summed E-state index contributed by atoms with van der Waals surface area (Å²) in [4.78, 5) is 26.7. The summed E-state index contributed by atoms with van der Waals surface area (Å²) in [5, 5.41) is 11.2. The van der Waals surface area contributed by atoms with Crippen molar-refractivity contribution in [1.82, 2.24) is 4.90 Å². The number of ether oxygens (including phenoxy) is 3. The minimum atomic E-state index is -0.992. The van der Waals surface area contributed by atoms with E-state index in [0.29, 0.717) is 18.7 Å². The first kappa shape index (κ1) is 30.2. The Bertz CT molecular complexity index is 1550. The smallest absolute Gasteiger partial charge is 0.413 e. The standard InChI is InChI=1S/C35H37NO6/c1-24(23-26-13-17-28(18-14-26)33(37)38)32(41-31-12-8-10-27-9-6-7-11-30(27)31)36(34(39)42-35(2,3)4)22-21-25-15-19-29(40-5)20-16-25/h6-20,23,32H,21-22H2,1-5H3,(H,37,38). The van der Waals surface area contributed by atoms with E-state index < -0.39 is 23.9 Å². The highest BCUT2D eigenvalue weighted by molar-refractivity contribution is 5.88. The van der Waals surface area contributed by atoms with Crippen molar-refractivity contribution in [3.05, 3.63) is 113 Å². The molecule has 1 atom stereocenters. The molecule has 7 heteroatoms. The lowest BCUT2D eigenvalue weighted by atomic mass is 10.1. The summed E-state index contributed by atoms with van der Waals surface area (Å²) in [5.41, 5.74) is 2.03. The first-order chi connectivity index (χ1) is 20.0. The van der Waals surface area contributed by atoms with Crippen LogP contribution in [0.2, 0.25) is 0 Å². The van der Waals surface area contributed by atoms with Gasteiger partial charge in [-0.2, -0.15) is 0 Å². The Morgan fingerprint density at radius 3 is 2.21 bits per heavy atom. The van der Waals surface area contributed by atoms with Crippen LogP contribution in [-0.2, 0) is 11.2 Å². The van der Waals surface area contributed by atoms with Crippen LogP contribution in [0.15, 0.2) is 96.6 Å². The third-order valence-corrected chi connectivity index (χ3v) is 6.64. The van der Waals surface area contributed by atoms with E-state index in [1.807, 2.05) is 101 Å². The SMILES string of the molecule is COc1ccc(CCN(C(=O)OC(C)(C)C)C(Oc2cccc3ccccc23)C(C)=Cc2ccc(C(=O)O)cc2)cc1.